The number of hydrogen-bond acceptors (Lipinski definition) is 4. The smallest absolute Gasteiger partial charge is 0.228 e. The van der Waals surface area contributed by atoms with Gasteiger partial charge in [0.05, 0.1) is 6.61 Å². The second-order valence-electron chi connectivity index (χ2n) is 3.15. The Morgan fingerprint density at radius 2 is 2.33 bits per heavy atom. The summed E-state index contributed by atoms with van der Waals surface area (Å²) >= 11 is 5.64. The molecule has 0 saturated carbocycles. The van der Waals surface area contributed by atoms with Gasteiger partial charge >= 0.3 is 0 Å². The van der Waals surface area contributed by atoms with E-state index in [0.717, 1.165) is 13.0 Å². The summed E-state index contributed by atoms with van der Waals surface area (Å²) < 4.78 is 5.41. The lowest BCUT2D eigenvalue weighted by atomic mass is 10.5. The minimum Gasteiger partial charge on any atom is -0.478 e. The summed E-state index contributed by atoms with van der Waals surface area (Å²) in [5, 5.41) is 0. The largest absolute Gasteiger partial charge is 0.478 e. The first kappa shape index (κ1) is 12.0. The number of anilines is 1. The van der Waals surface area contributed by atoms with Crippen LogP contribution < -0.4 is 9.64 Å². The van der Waals surface area contributed by atoms with Gasteiger partial charge in [0, 0.05) is 31.7 Å². The van der Waals surface area contributed by atoms with Crippen molar-refractivity contribution in [2.45, 2.75) is 13.3 Å². The van der Waals surface area contributed by atoms with Crippen LogP contribution in [0.5, 0.6) is 5.88 Å². The first-order valence-electron chi connectivity index (χ1n) is 5.01. The lowest BCUT2D eigenvalue weighted by molar-refractivity contribution is 0.305. The maximum absolute atomic E-state index is 5.64. The molecule has 15 heavy (non-hydrogen) atoms. The summed E-state index contributed by atoms with van der Waals surface area (Å²) in [7, 11) is 1.90. The van der Waals surface area contributed by atoms with Crippen LogP contribution in [0.4, 0.5) is 5.95 Å². The van der Waals surface area contributed by atoms with Gasteiger partial charge in [0.15, 0.2) is 0 Å². The van der Waals surface area contributed by atoms with Gasteiger partial charge in [-0.25, -0.2) is 4.98 Å². The fraction of sp³-hybridized carbons (Fsp3) is 0.600. The first-order chi connectivity index (χ1) is 7.27. The first-order valence-corrected chi connectivity index (χ1v) is 5.54. The van der Waals surface area contributed by atoms with Crippen LogP contribution in [0.3, 0.4) is 0 Å². The van der Waals surface area contributed by atoms with Crippen LogP contribution in [0.2, 0.25) is 0 Å². The van der Waals surface area contributed by atoms with Crippen LogP contribution in [0.15, 0.2) is 12.3 Å². The van der Waals surface area contributed by atoms with Crippen LogP contribution in [-0.4, -0.2) is 36.0 Å². The highest BCUT2D eigenvalue weighted by Crippen LogP contribution is 2.11. The van der Waals surface area contributed by atoms with E-state index in [-0.39, 0.29) is 0 Å². The lowest BCUT2D eigenvalue weighted by Gasteiger charge is -2.15. The number of nitrogens with zero attached hydrogens (tertiary/aromatic N) is 3. The van der Waals surface area contributed by atoms with E-state index < -0.39 is 0 Å². The van der Waals surface area contributed by atoms with Crippen molar-refractivity contribution in [3.63, 3.8) is 0 Å². The van der Waals surface area contributed by atoms with Gasteiger partial charge in [-0.1, -0.05) is 6.92 Å². The molecule has 0 aliphatic heterocycles. The normalized spacial score (nSPS) is 10.1. The third-order valence-electron chi connectivity index (χ3n) is 1.83. The molecule has 0 aliphatic carbocycles. The molecule has 0 fully saturated rings. The van der Waals surface area contributed by atoms with E-state index in [9.17, 15) is 0 Å². The molecule has 84 valence electrons. The van der Waals surface area contributed by atoms with Gasteiger partial charge in [-0.15, -0.1) is 11.6 Å². The molecular formula is C10H16ClN3O. The predicted octanol–water partition coefficient (Wildman–Crippen LogP) is 1.94. The van der Waals surface area contributed by atoms with Crippen LogP contribution in [0, 0.1) is 0 Å². The molecule has 0 bridgehead atoms. The zero-order valence-electron chi connectivity index (χ0n) is 9.11. The zero-order valence-corrected chi connectivity index (χ0v) is 9.87. The number of hydrogen-bond donors (Lipinski definition) is 0. The van der Waals surface area contributed by atoms with Crippen molar-refractivity contribution in [3.8, 4) is 5.88 Å². The van der Waals surface area contributed by atoms with Crippen LogP contribution in [0.25, 0.3) is 0 Å². The van der Waals surface area contributed by atoms with Crippen molar-refractivity contribution in [1.82, 2.24) is 9.97 Å². The minimum atomic E-state index is 0.555. The Morgan fingerprint density at radius 1 is 1.53 bits per heavy atom. The van der Waals surface area contributed by atoms with Gasteiger partial charge in [-0.05, 0) is 6.42 Å². The number of halogens is 1. The van der Waals surface area contributed by atoms with Crippen molar-refractivity contribution < 1.29 is 4.74 Å². The van der Waals surface area contributed by atoms with E-state index in [1.807, 2.05) is 11.9 Å². The van der Waals surface area contributed by atoms with E-state index in [1.165, 1.54) is 0 Å². The van der Waals surface area contributed by atoms with Crippen molar-refractivity contribution >= 4 is 17.5 Å². The standard InChI is InChI=1S/C10H16ClN3O/c1-3-8-15-9-4-6-12-10(13-9)14(2)7-5-11/h4,6H,3,5,7-8H2,1-2H3. The summed E-state index contributed by atoms with van der Waals surface area (Å²) in [6, 6.07) is 1.76. The molecule has 0 radical (unpaired) electrons. The molecule has 0 spiro atoms. The quantitative estimate of drug-likeness (QED) is 0.699. The van der Waals surface area contributed by atoms with Gasteiger partial charge in [0.1, 0.15) is 0 Å². The molecule has 0 amide bonds. The average Bonchev–Trinajstić information content (AvgIpc) is 2.27. The Labute approximate surface area is 95.2 Å². The van der Waals surface area contributed by atoms with Gasteiger partial charge in [-0.3, -0.25) is 0 Å². The van der Waals surface area contributed by atoms with E-state index >= 15 is 0 Å². The molecule has 5 heteroatoms. The summed E-state index contributed by atoms with van der Waals surface area (Å²) in [6.45, 7) is 3.45. The Bertz CT molecular complexity index is 296. The molecule has 1 aromatic rings. The second-order valence-corrected chi connectivity index (χ2v) is 3.53. The molecule has 0 atom stereocenters. The summed E-state index contributed by atoms with van der Waals surface area (Å²) in [6.07, 6.45) is 2.66. The van der Waals surface area contributed by atoms with Crippen LogP contribution in [-0.2, 0) is 0 Å². The molecule has 1 rings (SSSR count). The topological polar surface area (TPSA) is 38.2 Å². The Balaban J connectivity index is 2.64. The van der Waals surface area contributed by atoms with E-state index in [2.05, 4.69) is 16.9 Å². The summed E-state index contributed by atoms with van der Waals surface area (Å²) in [4.78, 5) is 10.3. The third-order valence-corrected chi connectivity index (χ3v) is 2.00. The number of aromatic nitrogens is 2. The summed E-state index contributed by atoms with van der Waals surface area (Å²) in [5.74, 6) is 1.81. The Morgan fingerprint density at radius 3 is 3.00 bits per heavy atom. The second kappa shape index (κ2) is 6.45. The molecule has 0 saturated heterocycles. The maximum atomic E-state index is 5.64. The van der Waals surface area contributed by atoms with Crippen molar-refractivity contribution in [2.24, 2.45) is 0 Å². The monoisotopic (exact) mass is 229 g/mol. The van der Waals surface area contributed by atoms with E-state index in [1.54, 1.807) is 12.3 Å². The maximum Gasteiger partial charge on any atom is 0.228 e. The average molecular weight is 230 g/mol. The number of alkyl halides is 1. The Hall–Kier alpha value is -1.03. The molecule has 0 unspecified atom stereocenters. The van der Waals surface area contributed by atoms with E-state index in [0.29, 0.717) is 24.3 Å². The van der Waals surface area contributed by atoms with Crippen LogP contribution >= 0.6 is 11.6 Å². The molecule has 0 aliphatic rings. The molecule has 4 nitrogen and oxygen atoms in total. The SMILES string of the molecule is CCCOc1ccnc(N(C)CCCl)n1. The highest BCUT2D eigenvalue weighted by molar-refractivity contribution is 6.18. The molecule has 0 N–H and O–H groups in total. The van der Waals surface area contributed by atoms with E-state index in [4.69, 9.17) is 16.3 Å². The highest BCUT2D eigenvalue weighted by Gasteiger charge is 2.04. The lowest BCUT2D eigenvalue weighted by Crippen LogP contribution is -2.22. The fourth-order valence-corrected chi connectivity index (χ4v) is 1.28. The molecular weight excluding hydrogens is 214 g/mol. The van der Waals surface area contributed by atoms with Crippen molar-refractivity contribution in [2.75, 3.05) is 31.0 Å². The van der Waals surface area contributed by atoms with Gasteiger partial charge in [-0.2, -0.15) is 4.98 Å². The van der Waals surface area contributed by atoms with Crippen molar-refractivity contribution in [3.05, 3.63) is 12.3 Å². The number of rotatable bonds is 6. The predicted molar refractivity (Wildman–Crippen MR) is 61.8 cm³/mol. The molecule has 0 aromatic carbocycles. The van der Waals surface area contributed by atoms with Crippen LogP contribution in [0.1, 0.15) is 13.3 Å². The van der Waals surface area contributed by atoms with Gasteiger partial charge in [0.25, 0.3) is 0 Å². The zero-order chi connectivity index (χ0) is 11.1. The minimum absolute atomic E-state index is 0.555. The van der Waals surface area contributed by atoms with Crippen molar-refractivity contribution in [1.29, 1.82) is 0 Å². The fourth-order valence-electron chi connectivity index (χ4n) is 1.03. The highest BCUT2D eigenvalue weighted by atomic mass is 35.5. The summed E-state index contributed by atoms with van der Waals surface area (Å²) in [5.41, 5.74) is 0. The van der Waals surface area contributed by atoms with Gasteiger partial charge in [0.2, 0.25) is 11.8 Å². The third kappa shape index (κ3) is 3.91. The number of ether oxygens (including phenoxy) is 1. The van der Waals surface area contributed by atoms with Gasteiger partial charge < -0.3 is 9.64 Å². The molecule has 1 heterocycles. The molecule has 1 aromatic heterocycles. The Kier molecular flexibility index (Phi) is 5.18.